The molecule has 1 saturated heterocycles. The van der Waals surface area contributed by atoms with Crippen molar-refractivity contribution in [1.29, 1.82) is 5.26 Å². The predicted octanol–water partition coefficient (Wildman–Crippen LogP) is 5.10. The van der Waals surface area contributed by atoms with E-state index in [1.54, 1.807) is 38.5 Å². The van der Waals surface area contributed by atoms with Crippen LogP contribution in [0.1, 0.15) is 45.5 Å². The van der Waals surface area contributed by atoms with E-state index in [2.05, 4.69) is 16.3 Å². The van der Waals surface area contributed by atoms with E-state index < -0.39 is 5.91 Å². The number of nitrogens with one attached hydrogen (secondary N) is 1. The molecule has 1 fully saturated rings. The Balaban J connectivity index is 1.37. The molecule has 42 heavy (non-hydrogen) atoms. The Bertz CT molecular complexity index is 1630. The average molecular weight is 567 g/mol. The number of carbonyl (C=O) groups is 1. The Kier molecular flexibility index (Phi) is 8.41. The maximum Gasteiger partial charge on any atom is 0.248 e. The number of amides is 1. The number of nitriles is 1. The SMILES string of the molecule is COc1cc2nc(NC3CCN(Cc4ccc(C(N)=O)cc4)CC3)nc(Oc3c(C)cc(C#N)cc3C)c2cc1OC. The van der Waals surface area contributed by atoms with Gasteiger partial charge in [0, 0.05) is 37.3 Å². The van der Waals surface area contributed by atoms with Crippen molar-refractivity contribution < 1.29 is 19.0 Å². The summed E-state index contributed by atoms with van der Waals surface area (Å²) in [5.74, 6) is 2.18. The van der Waals surface area contributed by atoms with Gasteiger partial charge >= 0.3 is 0 Å². The van der Waals surface area contributed by atoms with E-state index in [9.17, 15) is 10.1 Å². The number of methoxy groups -OCH3 is 2. The topological polar surface area (TPSA) is 136 Å². The van der Waals surface area contributed by atoms with Gasteiger partial charge in [-0.1, -0.05) is 12.1 Å². The Hall–Kier alpha value is -4.88. The molecule has 0 atom stereocenters. The lowest BCUT2D eigenvalue weighted by atomic mass is 10.0. The number of anilines is 1. The molecule has 3 N–H and O–H groups in total. The Morgan fingerprint density at radius 2 is 1.67 bits per heavy atom. The molecular weight excluding hydrogens is 532 g/mol. The van der Waals surface area contributed by atoms with E-state index in [4.69, 9.17) is 29.9 Å². The molecule has 0 radical (unpaired) electrons. The molecule has 1 aliphatic heterocycles. The average Bonchev–Trinajstić information content (AvgIpc) is 2.99. The smallest absolute Gasteiger partial charge is 0.248 e. The van der Waals surface area contributed by atoms with Gasteiger partial charge in [-0.2, -0.15) is 10.2 Å². The van der Waals surface area contributed by atoms with Crippen molar-refractivity contribution in [3.05, 3.63) is 76.3 Å². The quantitative estimate of drug-likeness (QED) is 0.283. The van der Waals surface area contributed by atoms with Gasteiger partial charge in [0.25, 0.3) is 0 Å². The number of ether oxygens (including phenoxy) is 3. The molecule has 1 aromatic heterocycles. The van der Waals surface area contributed by atoms with E-state index in [1.807, 2.05) is 38.1 Å². The zero-order valence-corrected chi connectivity index (χ0v) is 24.2. The van der Waals surface area contributed by atoms with Gasteiger partial charge in [0.15, 0.2) is 11.5 Å². The van der Waals surface area contributed by atoms with Gasteiger partial charge in [0.1, 0.15) is 5.75 Å². The van der Waals surface area contributed by atoms with Gasteiger partial charge in [0.2, 0.25) is 17.7 Å². The molecule has 0 saturated carbocycles. The van der Waals surface area contributed by atoms with E-state index in [0.717, 1.165) is 49.2 Å². The fraction of sp³-hybridized carbons (Fsp3) is 0.312. The number of nitrogens with zero attached hydrogens (tertiary/aromatic N) is 4. The summed E-state index contributed by atoms with van der Waals surface area (Å²) in [5, 5.41) is 13.6. The zero-order valence-electron chi connectivity index (χ0n) is 24.2. The molecule has 4 aromatic rings. The normalized spacial score (nSPS) is 13.9. The van der Waals surface area contributed by atoms with Gasteiger partial charge in [-0.25, -0.2) is 4.98 Å². The van der Waals surface area contributed by atoms with Crippen LogP contribution in [0.15, 0.2) is 48.5 Å². The molecule has 10 heteroatoms. The van der Waals surface area contributed by atoms with Gasteiger partial charge in [0.05, 0.1) is 36.8 Å². The monoisotopic (exact) mass is 566 g/mol. The molecule has 216 valence electrons. The predicted molar refractivity (Wildman–Crippen MR) is 160 cm³/mol. The van der Waals surface area contributed by atoms with Crippen LogP contribution >= 0.6 is 0 Å². The summed E-state index contributed by atoms with van der Waals surface area (Å²) in [7, 11) is 3.17. The van der Waals surface area contributed by atoms with Crippen molar-refractivity contribution in [3.8, 4) is 29.2 Å². The Morgan fingerprint density at radius 3 is 2.26 bits per heavy atom. The summed E-state index contributed by atoms with van der Waals surface area (Å²) in [6, 6.07) is 17.1. The number of rotatable bonds is 9. The summed E-state index contributed by atoms with van der Waals surface area (Å²) >= 11 is 0. The maximum absolute atomic E-state index is 11.4. The number of aryl methyl sites for hydroxylation is 2. The fourth-order valence-electron chi connectivity index (χ4n) is 5.29. The third kappa shape index (κ3) is 6.21. The molecule has 3 aromatic carbocycles. The first-order valence-electron chi connectivity index (χ1n) is 13.8. The second-order valence-corrected chi connectivity index (χ2v) is 10.5. The van der Waals surface area contributed by atoms with Crippen molar-refractivity contribution in [2.45, 2.75) is 39.3 Å². The number of piperidine rings is 1. The number of carbonyl (C=O) groups excluding carboxylic acids is 1. The molecule has 1 aliphatic rings. The molecule has 2 heterocycles. The standard InChI is InChI=1S/C32H34N6O4/c1-19-13-22(17-33)14-20(2)29(19)42-31-25-15-27(40-3)28(41-4)16-26(25)36-32(37-31)35-24-9-11-38(12-10-24)18-21-5-7-23(8-6-21)30(34)39/h5-8,13-16,24H,9-12,18H2,1-4H3,(H2,34,39)(H,35,36,37). The number of aromatic nitrogens is 2. The fourth-order valence-corrected chi connectivity index (χ4v) is 5.29. The number of primary amides is 1. The van der Waals surface area contributed by atoms with Crippen LogP contribution in [-0.4, -0.2) is 54.1 Å². The molecule has 5 rings (SSSR count). The highest BCUT2D eigenvalue weighted by atomic mass is 16.5. The molecule has 0 unspecified atom stereocenters. The van der Waals surface area contributed by atoms with Crippen molar-refractivity contribution >= 4 is 22.8 Å². The number of hydrogen-bond acceptors (Lipinski definition) is 9. The Morgan fingerprint density at radius 1 is 1.02 bits per heavy atom. The first-order valence-corrected chi connectivity index (χ1v) is 13.8. The van der Waals surface area contributed by atoms with E-state index in [0.29, 0.717) is 51.1 Å². The molecule has 0 spiro atoms. The second kappa shape index (κ2) is 12.3. The zero-order chi connectivity index (χ0) is 29.8. The van der Waals surface area contributed by atoms with Gasteiger partial charge in [-0.15, -0.1) is 0 Å². The summed E-state index contributed by atoms with van der Waals surface area (Å²) < 4.78 is 17.5. The highest BCUT2D eigenvalue weighted by molar-refractivity contribution is 5.92. The minimum atomic E-state index is -0.419. The Labute approximate surface area is 245 Å². The molecular formula is C32H34N6O4. The molecule has 10 nitrogen and oxygen atoms in total. The van der Waals surface area contributed by atoms with E-state index in [-0.39, 0.29) is 6.04 Å². The summed E-state index contributed by atoms with van der Waals surface area (Å²) in [4.78, 5) is 23.3. The largest absolute Gasteiger partial charge is 0.493 e. The van der Waals surface area contributed by atoms with E-state index in [1.165, 1.54) is 0 Å². The molecule has 1 amide bonds. The van der Waals surface area contributed by atoms with Crippen LogP contribution in [0.4, 0.5) is 5.95 Å². The minimum absolute atomic E-state index is 0.183. The van der Waals surface area contributed by atoms with Gasteiger partial charge in [-0.3, -0.25) is 9.69 Å². The third-order valence-corrected chi connectivity index (χ3v) is 7.52. The van der Waals surface area contributed by atoms with Crippen molar-refractivity contribution in [2.24, 2.45) is 5.73 Å². The maximum atomic E-state index is 11.4. The van der Waals surface area contributed by atoms with E-state index >= 15 is 0 Å². The van der Waals surface area contributed by atoms with Gasteiger partial charge < -0.3 is 25.3 Å². The van der Waals surface area contributed by atoms with Crippen molar-refractivity contribution in [1.82, 2.24) is 14.9 Å². The molecule has 0 aliphatic carbocycles. The van der Waals surface area contributed by atoms with Crippen LogP contribution in [0.25, 0.3) is 10.9 Å². The summed E-state index contributed by atoms with van der Waals surface area (Å²) in [5.41, 5.74) is 9.92. The van der Waals surface area contributed by atoms with Crippen LogP contribution in [0.3, 0.4) is 0 Å². The first kappa shape index (κ1) is 28.6. The number of fused-ring (bicyclic) bond motifs is 1. The second-order valence-electron chi connectivity index (χ2n) is 10.5. The number of nitrogens with two attached hydrogens (primary N) is 1. The van der Waals surface area contributed by atoms with Gasteiger partial charge in [-0.05, 0) is 73.7 Å². The van der Waals surface area contributed by atoms with Crippen LogP contribution in [-0.2, 0) is 6.54 Å². The van der Waals surface area contributed by atoms with Crippen LogP contribution in [0.2, 0.25) is 0 Å². The number of hydrogen-bond donors (Lipinski definition) is 2. The number of likely N-dealkylation sites (tertiary alicyclic amines) is 1. The summed E-state index contributed by atoms with van der Waals surface area (Å²) in [6.07, 6.45) is 1.83. The number of benzene rings is 3. The van der Waals surface area contributed by atoms with Crippen LogP contribution in [0.5, 0.6) is 23.1 Å². The van der Waals surface area contributed by atoms with Crippen LogP contribution < -0.4 is 25.3 Å². The lowest BCUT2D eigenvalue weighted by molar-refractivity contribution is 0.1000. The highest BCUT2D eigenvalue weighted by Gasteiger charge is 2.22. The summed E-state index contributed by atoms with van der Waals surface area (Å²) in [6.45, 7) is 6.44. The molecule has 0 bridgehead atoms. The third-order valence-electron chi connectivity index (χ3n) is 7.52. The first-order chi connectivity index (χ1) is 20.3. The lowest BCUT2D eigenvalue weighted by Gasteiger charge is -2.32. The minimum Gasteiger partial charge on any atom is -0.493 e. The highest BCUT2D eigenvalue weighted by Crippen LogP contribution is 2.38. The van der Waals surface area contributed by atoms with Crippen molar-refractivity contribution in [3.63, 3.8) is 0 Å². The van der Waals surface area contributed by atoms with Crippen LogP contribution in [0, 0.1) is 25.2 Å². The lowest BCUT2D eigenvalue weighted by Crippen LogP contribution is -2.39. The van der Waals surface area contributed by atoms with Crippen molar-refractivity contribution in [2.75, 3.05) is 32.6 Å².